The third kappa shape index (κ3) is 27.3. The molecule has 2 N–H and O–H groups in total. The number of nitrogens with zero attached hydrogens (tertiary/aromatic N) is 12. The Morgan fingerprint density at radius 1 is 0.338 bits per heavy atom. The highest BCUT2D eigenvalue weighted by Crippen LogP contribution is 2.14. The summed E-state index contributed by atoms with van der Waals surface area (Å²) >= 11 is 3.79. The van der Waals surface area contributed by atoms with Gasteiger partial charge in [0.2, 0.25) is 0 Å². The van der Waals surface area contributed by atoms with E-state index in [1.165, 1.54) is 6.42 Å². The second-order valence-electron chi connectivity index (χ2n) is 18.7. The van der Waals surface area contributed by atoms with Gasteiger partial charge in [-0.1, -0.05) is 90.1 Å². The highest BCUT2D eigenvalue weighted by molar-refractivity contribution is 7.80. The summed E-state index contributed by atoms with van der Waals surface area (Å²) in [5, 5.41) is 22.3. The van der Waals surface area contributed by atoms with Crippen LogP contribution in [0.3, 0.4) is 0 Å². The van der Waals surface area contributed by atoms with Gasteiger partial charge in [-0.15, -0.1) is 0 Å². The van der Waals surface area contributed by atoms with Crippen molar-refractivity contribution < 1.29 is 10.2 Å². The molecule has 0 unspecified atom stereocenters. The van der Waals surface area contributed by atoms with Crippen molar-refractivity contribution in [3.63, 3.8) is 0 Å². The summed E-state index contributed by atoms with van der Waals surface area (Å²) in [5.74, 6) is 1.83. The fraction of sp³-hybridized carbons (Fsp3) is 0.355. The number of aliphatic hydroxyl groups excluding tert-OH is 2. The van der Waals surface area contributed by atoms with Gasteiger partial charge in [0.25, 0.3) is 0 Å². The minimum atomic E-state index is -0.570. The Morgan fingerprint density at radius 3 is 0.584 bits per heavy atom. The van der Waals surface area contributed by atoms with Crippen LogP contribution < -0.4 is 0 Å². The molecule has 8 aromatic heterocycles. The third-order valence-electron chi connectivity index (χ3n) is 11.6. The molecule has 408 valence electrons. The second kappa shape index (κ2) is 38.0. The summed E-state index contributed by atoms with van der Waals surface area (Å²) in [7, 11) is 0. The number of pyridine rings is 8. The maximum atomic E-state index is 11.1. The molecule has 0 aliphatic heterocycles. The predicted octanol–water partition coefficient (Wildman–Crippen LogP) is 10.3. The van der Waals surface area contributed by atoms with Crippen LogP contribution >= 0.6 is 12.6 Å². The highest BCUT2D eigenvalue weighted by atomic mass is 32.1. The molecule has 15 heteroatoms. The summed E-state index contributed by atoms with van der Waals surface area (Å²) in [6, 6.07) is 47.2. The molecule has 0 aromatic carbocycles. The number of thiol groups is 1. The van der Waals surface area contributed by atoms with Gasteiger partial charge in [0, 0.05) is 128 Å². The molecule has 0 spiro atoms. The van der Waals surface area contributed by atoms with Gasteiger partial charge < -0.3 is 10.2 Å². The first-order valence-corrected chi connectivity index (χ1v) is 26.9. The van der Waals surface area contributed by atoms with Crippen LogP contribution in [-0.4, -0.2) is 114 Å². The maximum absolute atomic E-state index is 11.1. The van der Waals surface area contributed by atoms with Gasteiger partial charge >= 0.3 is 0 Å². The molecular weight excluding hydrogens is 977 g/mol. The van der Waals surface area contributed by atoms with Crippen LogP contribution in [-0.2, 0) is 52.4 Å². The molecule has 77 heavy (non-hydrogen) atoms. The number of hydrogen-bond donors (Lipinski definition) is 3. The lowest BCUT2D eigenvalue weighted by molar-refractivity contribution is 0.0612. The van der Waals surface area contributed by atoms with E-state index in [4.69, 9.17) is 0 Å². The summed E-state index contributed by atoms with van der Waals surface area (Å²) < 4.78 is 0. The zero-order chi connectivity index (χ0) is 53.8. The molecule has 0 fully saturated rings. The summed E-state index contributed by atoms with van der Waals surface area (Å²) in [6.45, 7) is 15.7. The monoisotopic (exact) mass is 1060 g/mol. The first-order valence-electron chi connectivity index (χ1n) is 26.2. The Kier molecular flexibility index (Phi) is 31.0. The minimum absolute atomic E-state index is 0. The SMILES string of the molecule is C.CCC(C)C.CCS.OC(CN(Cc1ccccn1)Cc1ccccn1)CN(Cc1ccccn1)Cc1ccccn1.OC(CN(Cc1ccccn1)Cc1ccccn1)CN(Cc1ccccn1)Cc1ccccn1. The smallest absolute Gasteiger partial charge is 0.0794 e. The molecule has 0 atom stereocenters. The average Bonchev–Trinajstić information content (AvgIpc) is 3.43. The first-order chi connectivity index (χ1) is 37.2. The molecule has 14 nitrogen and oxygen atoms in total. The zero-order valence-corrected chi connectivity index (χ0v) is 45.7. The largest absolute Gasteiger partial charge is 0.390 e. The van der Waals surface area contributed by atoms with Crippen molar-refractivity contribution in [1.82, 2.24) is 59.5 Å². The molecule has 0 saturated heterocycles. The van der Waals surface area contributed by atoms with Crippen LogP contribution in [0.5, 0.6) is 0 Å². The molecule has 0 amide bonds. The lowest BCUT2D eigenvalue weighted by Crippen LogP contribution is -2.40. The van der Waals surface area contributed by atoms with Crippen molar-refractivity contribution in [1.29, 1.82) is 0 Å². The van der Waals surface area contributed by atoms with E-state index in [1.807, 2.05) is 153 Å². The summed E-state index contributed by atoms with van der Waals surface area (Å²) in [5.41, 5.74) is 7.70. The third-order valence-corrected chi connectivity index (χ3v) is 11.6. The van der Waals surface area contributed by atoms with E-state index < -0.39 is 12.2 Å². The van der Waals surface area contributed by atoms with Gasteiger partial charge in [-0.3, -0.25) is 59.5 Å². The van der Waals surface area contributed by atoms with E-state index in [1.54, 1.807) is 49.6 Å². The Hall–Kier alpha value is -6.69. The predicted molar refractivity (Wildman–Crippen MR) is 314 cm³/mol. The van der Waals surface area contributed by atoms with Crippen molar-refractivity contribution >= 4 is 12.6 Å². The molecule has 0 saturated carbocycles. The quantitative estimate of drug-likeness (QED) is 0.0465. The number of aromatic nitrogens is 8. The Morgan fingerprint density at radius 2 is 0.481 bits per heavy atom. The molecule has 0 aliphatic carbocycles. The van der Waals surface area contributed by atoms with Crippen LogP contribution in [0.1, 0.15) is 87.1 Å². The molecule has 8 heterocycles. The Bertz CT molecular complexity index is 2100. The van der Waals surface area contributed by atoms with Crippen LogP contribution in [0.2, 0.25) is 0 Å². The Labute approximate surface area is 464 Å². The normalized spacial score (nSPS) is 10.9. The number of aliphatic hydroxyl groups is 2. The van der Waals surface area contributed by atoms with Gasteiger partial charge in [0.05, 0.1) is 57.8 Å². The van der Waals surface area contributed by atoms with Crippen molar-refractivity contribution in [2.45, 2.75) is 106 Å². The molecule has 8 aromatic rings. The van der Waals surface area contributed by atoms with Crippen LogP contribution in [0.25, 0.3) is 0 Å². The fourth-order valence-corrected chi connectivity index (χ4v) is 7.81. The average molecular weight is 1060 g/mol. The molecule has 0 aliphatic rings. The standard InChI is InChI=1S/2C27H30N6O.C5H12.C2H6S.CH4/c2*34-27(21-32(17-23-9-1-5-13-28-23)18-24-10-2-6-14-29-24)22-33(19-25-11-3-7-15-30-25)20-26-12-4-8-16-31-26;1-4-5(2)3;1-2-3;/h2*1-16,27,34H,17-22H2;5H,4H2,1-3H3;3H,2H2,1H3;1H4. The van der Waals surface area contributed by atoms with E-state index in [0.29, 0.717) is 78.5 Å². The van der Waals surface area contributed by atoms with Crippen molar-refractivity contribution in [2.24, 2.45) is 5.92 Å². The zero-order valence-electron chi connectivity index (χ0n) is 44.8. The Balaban J connectivity index is 0.000000289. The lowest BCUT2D eigenvalue weighted by Gasteiger charge is -2.29. The van der Waals surface area contributed by atoms with E-state index in [9.17, 15) is 10.2 Å². The summed E-state index contributed by atoms with van der Waals surface area (Å²) in [4.78, 5) is 44.5. The molecule has 0 bridgehead atoms. The van der Waals surface area contributed by atoms with E-state index in [-0.39, 0.29) is 7.43 Å². The number of hydrogen-bond acceptors (Lipinski definition) is 15. The molecular formula is C62H82N12O2S. The van der Waals surface area contributed by atoms with Crippen LogP contribution in [0, 0.1) is 5.92 Å². The van der Waals surface area contributed by atoms with Crippen molar-refractivity contribution in [2.75, 3.05) is 31.9 Å². The fourth-order valence-electron chi connectivity index (χ4n) is 7.81. The van der Waals surface area contributed by atoms with Crippen LogP contribution in [0.4, 0.5) is 0 Å². The van der Waals surface area contributed by atoms with Gasteiger partial charge in [-0.2, -0.15) is 12.6 Å². The highest BCUT2D eigenvalue weighted by Gasteiger charge is 2.20. The lowest BCUT2D eigenvalue weighted by atomic mass is 10.2. The van der Waals surface area contributed by atoms with E-state index in [2.05, 4.69) is 92.9 Å². The van der Waals surface area contributed by atoms with Gasteiger partial charge in [0.1, 0.15) is 0 Å². The van der Waals surface area contributed by atoms with E-state index >= 15 is 0 Å². The number of rotatable bonds is 25. The summed E-state index contributed by atoms with van der Waals surface area (Å²) in [6.07, 6.45) is 14.5. The van der Waals surface area contributed by atoms with Crippen molar-refractivity contribution in [3.8, 4) is 0 Å². The minimum Gasteiger partial charge on any atom is -0.390 e. The van der Waals surface area contributed by atoms with E-state index in [0.717, 1.165) is 57.2 Å². The first kappa shape index (κ1) is 62.8. The van der Waals surface area contributed by atoms with Gasteiger partial charge in [0.15, 0.2) is 0 Å². The van der Waals surface area contributed by atoms with Gasteiger partial charge in [-0.25, -0.2) is 0 Å². The van der Waals surface area contributed by atoms with Crippen molar-refractivity contribution in [3.05, 3.63) is 241 Å². The van der Waals surface area contributed by atoms with Crippen LogP contribution in [0.15, 0.2) is 195 Å². The molecule has 0 radical (unpaired) electrons. The van der Waals surface area contributed by atoms with Gasteiger partial charge in [-0.05, 0) is 109 Å². The maximum Gasteiger partial charge on any atom is 0.0794 e. The topological polar surface area (TPSA) is 157 Å². The molecule has 8 rings (SSSR count). The second-order valence-corrected chi connectivity index (χ2v) is 19.3.